The van der Waals surface area contributed by atoms with Gasteiger partial charge in [-0.3, -0.25) is 4.79 Å². The summed E-state index contributed by atoms with van der Waals surface area (Å²) in [6, 6.07) is 5.04. The molecule has 1 aromatic rings. The van der Waals surface area contributed by atoms with Crippen LogP contribution in [0.5, 0.6) is 0 Å². The highest BCUT2D eigenvalue weighted by molar-refractivity contribution is 7.80. The van der Waals surface area contributed by atoms with Gasteiger partial charge in [-0.1, -0.05) is 6.07 Å². The molecule has 17 heavy (non-hydrogen) atoms. The van der Waals surface area contributed by atoms with E-state index in [0.29, 0.717) is 16.0 Å². The molecule has 0 amide bonds. The number of ketones is 1. The molecule has 0 radical (unpaired) electrons. The van der Waals surface area contributed by atoms with E-state index in [9.17, 15) is 9.59 Å². The first-order chi connectivity index (χ1) is 7.91. The van der Waals surface area contributed by atoms with Crippen molar-refractivity contribution < 1.29 is 14.7 Å². The zero-order chi connectivity index (χ0) is 13.0. The summed E-state index contributed by atoms with van der Waals surface area (Å²) in [7, 11) is 0. The van der Waals surface area contributed by atoms with Crippen molar-refractivity contribution in [1.82, 2.24) is 0 Å². The second-order valence-electron chi connectivity index (χ2n) is 3.46. The maximum absolute atomic E-state index is 11.2. The van der Waals surface area contributed by atoms with Crippen molar-refractivity contribution in [2.24, 2.45) is 0 Å². The number of aliphatic carboxylic acids is 1. The van der Waals surface area contributed by atoms with Gasteiger partial charge in [0, 0.05) is 11.0 Å². The van der Waals surface area contributed by atoms with Crippen LogP contribution in [0.15, 0.2) is 29.2 Å². The first kappa shape index (κ1) is 13.8. The standard InChI is InChI=1S/C12H11ClO3S/c1-7(14)12(13)10-6-9(17)4-2-8(10)3-5-11(15)16/h2-6,12,17H,1H3,(H,15,16). The first-order valence-electron chi connectivity index (χ1n) is 4.80. The van der Waals surface area contributed by atoms with Crippen molar-refractivity contribution in [2.75, 3.05) is 0 Å². The smallest absolute Gasteiger partial charge is 0.328 e. The predicted octanol–water partition coefficient (Wildman–Crippen LogP) is 2.94. The molecule has 3 nitrogen and oxygen atoms in total. The first-order valence-corrected chi connectivity index (χ1v) is 5.68. The van der Waals surface area contributed by atoms with Crippen LogP contribution in [0.1, 0.15) is 23.4 Å². The van der Waals surface area contributed by atoms with E-state index in [0.717, 1.165) is 6.08 Å². The average Bonchev–Trinajstić information content (AvgIpc) is 2.26. The number of carbonyl (C=O) groups excluding carboxylic acids is 1. The number of hydrogen-bond donors (Lipinski definition) is 2. The lowest BCUT2D eigenvalue weighted by molar-refractivity contribution is -0.131. The summed E-state index contributed by atoms with van der Waals surface area (Å²) in [5, 5.41) is 7.77. The molecular formula is C12H11ClO3S. The lowest BCUT2D eigenvalue weighted by Crippen LogP contribution is -2.03. The Kier molecular flexibility index (Phi) is 4.78. The van der Waals surface area contributed by atoms with Crippen LogP contribution in [0, 0.1) is 0 Å². The summed E-state index contributed by atoms with van der Waals surface area (Å²) in [6.07, 6.45) is 2.41. The number of alkyl halides is 1. The molecule has 5 heteroatoms. The molecule has 1 aromatic carbocycles. The SMILES string of the molecule is CC(=O)C(Cl)c1cc(S)ccc1C=CC(=O)O. The Morgan fingerprint density at radius 3 is 2.65 bits per heavy atom. The van der Waals surface area contributed by atoms with Crippen molar-refractivity contribution in [3.05, 3.63) is 35.4 Å². The van der Waals surface area contributed by atoms with Crippen LogP contribution >= 0.6 is 24.2 Å². The van der Waals surface area contributed by atoms with Crippen LogP contribution in [0.4, 0.5) is 0 Å². The molecule has 0 saturated carbocycles. The van der Waals surface area contributed by atoms with Gasteiger partial charge in [0.1, 0.15) is 5.38 Å². The second kappa shape index (κ2) is 5.89. The van der Waals surface area contributed by atoms with E-state index in [1.54, 1.807) is 18.2 Å². The normalized spacial score (nSPS) is 12.6. The number of thiol groups is 1. The fourth-order valence-corrected chi connectivity index (χ4v) is 1.72. The van der Waals surface area contributed by atoms with E-state index in [-0.39, 0.29) is 5.78 Å². The van der Waals surface area contributed by atoms with Gasteiger partial charge in [0.05, 0.1) is 0 Å². The Bertz CT molecular complexity index is 483. The largest absolute Gasteiger partial charge is 0.478 e. The summed E-state index contributed by atoms with van der Waals surface area (Å²) in [5.41, 5.74) is 1.16. The van der Waals surface area contributed by atoms with Crippen LogP contribution in [-0.2, 0) is 9.59 Å². The predicted molar refractivity (Wildman–Crippen MR) is 69.6 cm³/mol. The van der Waals surface area contributed by atoms with E-state index < -0.39 is 11.3 Å². The number of Topliss-reactive ketones (excluding diaryl/α,β-unsaturated/α-hetero) is 1. The molecule has 1 unspecified atom stereocenters. The third kappa shape index (κ3) is 3.91. The molecule has 0 aliphatic carbocycles. The van der Waals surface area contributed by atoms with Crippen molar-refractivity contribution in [1.29, 1.82) is 0 Å². The molecule has 0 saturated heterocycles. The molecule has 1 atom stereocenters. The quantitative estimate of drug-likeness (QED) is 0.502. The van der Waals surface area contributed by atoms with Crippen molar-refractivity contribution >= 4 is 42.1 Å². The highest BCUT2D eigenvalue weighted by atomic mass is 35.5. The van der Waals surface area contributed by atoms with Crippen LogP contribution in [0.3, 0.4) is 0 Å². The lowest BCUT2D eigenvalue weighted by atomic mass is 10.0. The molecule has 0 bridgehead atoms. The van der Waals surface area contributed by atoms with E-state index in [1.165, 1.54) is 13.0 Å². The molecule has 1 N–H and O–H groups in total. The molecule has 0 aliphatic rings. The molecule has 0 aliphatic heterocycles. The van der Waals surface area contributed by atoms with E-state index in [4.69, 9.17) is 16.7 Å². The van der Waals surface area contributed by atoms with Gasteiger partial charge in [-0.2, -0.15) is 0 Å². The minimum Gasteiger partial charge on any atom is -0.478 e. The maximum Gasteiger partial charge on any atom is 0.328 e. The molecule has 0 heterocycles. The summed E-state index contributed by atoms with van der Waals surface area (Å²) >= 11 is 10.1. The molecule has 0 fully saturated rings. The fourth-order valence-electron chi connectivity index (χ4n) is 1.31. The number of hydrogen-bond acceptors (Lipinski definition) is 3. The Labute approximate surface area is 110 Å². The van der Waals surface area contributed by atoms with Gasteiger partial charge in [0.25, 0.3) is 0 Å². The Hall–Kier alpha value is -1.26. The minimum absolute atomic E-state index is 0.199. The van der Waals surface area contributed by atoms with Gasteiger partial charge >= 0.3 is 5.97 Å². The molecule has 1 rings (SSSR count). The topological polar surface area (TPSA) is 54.4 Å². The van der Waals surface area contributed by atoms with Crippen LogP contribution in [-0.4, -0.2) is 16.9 Å². The Morgan fingerprint density at radius 2 is 2.12 bits per heavy atom. The summed E-state index contributed by atoms with van der Waals surface area (Å²) in [6.45, 7) is 1.38. The highest BCUT2D eigenvalue weighted by Gasteiger charge is 2.16. The van der Waals surface area contributed by atoms with Crippen LogP contribution in [0.2, 0.25) is 0 Å². The van der Waals surface area contributed by atoms with Gasteiger partial charge in [0.15, 0.2) is 5.78 Å². The van der Waals surface area contributed by atoms with Gasteiger partial charge in [0.2, 0.25) is 0 Å². The second-order valence-corrected chi connectivity index (χ2v) is 4.41. The zero-order valence-electron chi connectivity index (χ0n) is 9.05. The molecule has 0 spiro atoms. The van der Waals surface area contributed by atoms with E-state index in [2.05, 4.69) is 12.6 Å². The molecule has 0 aromatic heterocycles. The Balaban J connectivity index is 3.21. The zero-order valence-corrected chi connectivity index (χ0v) is 10.7. The number of rotatable bonds is 4. The summed E-state index contributed by atoms with van der Waals surface area (Å²) in [4.78, 5) is 22.4. The van der Waals surface area contributed by atoms with E-state index >= 15 is 0 Å². The number of carboxylic acids is 1. The number of benzene rings is 1. The third-order valence-electron chi connectivity index (χ3n) is 2.11. The number of carbonyl (C=O) groups is 2. The van der Waals surface area contributed by atoms with Crippen molar-refractivity contribution in [2.45, 2.75) is 17.2 Å². The van der Waals surface area contributed by atoms with Crippen molar-refractivity contribution in [3.8, 4) is 0 Å². The number of halogens is 1. The van der Waals surface area contributed by atoms with E-state index in [1.807, 2.05) is 0 Å². The highest BCUT2D eigenvalue weighted by Crippen LogP contribution is 2.28. The van der Waals surface area contributed by atoms with Gasteiger partial charge in [-0.05, 0) is 36.3 Å². The molecule has 90 valence electrons. The lowest BCUT2D eigenvalue weighted by Gasteiger charge is -2.10. The van der Waals surface area contributed by atoms with Crippen LogP contribution < -0.4 is 0 Å². The van der Waals surface area contributed by atoms with Crippen LogP contribution in [0.25, 0.3) is 6.08 Å². The Morgan fingerprint density at radius 1 is 1.47 bits per heavy atom. The van der Waals surface area contributed by atoms with Crippen molar-refractivity contribution in [3.63, 3.8) is 0 Å². The molecular weight excluding hydrogens is 260 g/mol. The maximum atomic E-state index is 11.2. The summed E-state index contributed by atoms with van der Waals surface area (Å²) in [5.74, 6) is -1.25. The summed E-state index contributed by atoms with van der Waals surface area (Å²) < 4.78 is 0. The van der Waals surface area contributed by atoms with Gasteiger partial charge in [-0.15, -0.1) is 24.2 Å². The monoisotopic (exact) mass is 270 g/mol. The fraction of sp³-hybridized carbons (Fsp3) is 0.167. The third-order valence-corrected chi connectivity index (χ3v) is 2.93. The average molecular weight is 271 g/mol. The minimum atomic E-state index is -1.06. The van der Waals surface area contributed by atoms with Gasteiger partial charge < -0.3 is 5.11 Å². The van der Waals surface area contributed by atoms with Gasteiger partial charge in [-0.25, -0.2) is 4.79 Å². The number of carboxylic acid groups (broad SMARTS) is 1.